The van der Waals surface area contributed by atoms with E-state index in [-0.39, 0.29) is 19.0 Å². The van der Waals surface area contributed by atoms with Crippen molar-refractivity contribution in [2.24, 2.45) is 0 Å². The Morgan fingerprint density at radius 1 is 0.909 bits per heavy atom. The maximum atomic E-state index is 10.9. The number of hydrogen-bond donors (Lipinski definition) is 3. The number of phenolic OH excluding ortho intramolecular Hbond substituents is 1. The Kier molecular flexibility index (Phi) is 9.07. The number of para-hydroxylation sites is 1. The number of rotatable bonds is 11. The van der Waals surface area contributed by atoms with Crippen molar-refractivity contribution < 1.29 is 20.1 Å². The predicted octanol–water partition coefficient (Wildman–Crippen LogP) is 5.63. The van der Waals surface area contributed by atoms with E-state index in [0.29, 0.717) is 24.0 Å². The van der Waals surface area contributed by atoms with Crippen LogP contribution in [-0.2, 0) is 0 Å². The zero-order chi connectivity index (χ0) is 23.5. The summed E-state index contributed by atoms with van der Waals surface area (Å²) in [6, 6.07) is 26.4. The highest BCUT2D eigenvalue weighted by Gasteiger charge is 2.16. The molecule has 0 heterocycles. The van der Waals surface area contributed by atoms with Crippen molar-refractivity contribution in [3.63, 3.8) is 0 Å². The average molecular weight is 443 g/mol. The van der Waals surface area contributed by atoms with Crippen LogP contribution < -0.4 is 4.74 Å². The van der Waals surface area contributed by atoms with Crippen molar-refractivity contribution >= 4 is 11.6 Å². The summed E-state index contributed by atoms with van der Waals surface area (Å²) in [6.45, 7) is 4.10. The number of aliphatic hydroxyl groups excluding tert-OH is 2. The monoisotopic (exact) mass is 442 g/mol. The molecule has 170 valence electrons. The molecule has 3 aromatic rings. The molecule has 3 rings (SSSR count). The van der Waals surface area contributed by atoms with Crippen LogP contribution in [0.4, 0.5) is 0 Å². The number of ether oxygens (including phenoxy) is 1. The number of benzene rings is 3. The minimum atomic E-state index is -0.795. The van der Waals surface area contributed by atoms with E-state index in [1.54, 1.807) is 18.2 Å². The summed E-state index contributed by atoms with van der Waals surface area (Å²) in [6.07, 6.45) is 3.92. The zero-order valence-electron chi connectivity index (χ0n) is 18.6. The van der Waals surface area contributed by atoms with Gasteiger partial charge in [0.1, 0.15) is 18.1 Å². The van der Waals surface area contributed by atoms with Gasteiger partial charge in [0.15, 0.2) is 0 Å². The molecule has 4 nitrogen and oxygen atoms in total. The number of aromatic hydroxyl groups is 1. The van der Waals surface area contributed by atoms with Gasteiger partial charge in [0.25, 0.3) is 0 Å². The summed E-state index contributed by atoms with van der Waals surface area (Å²) < 4.78 is 5.76. The van der Waals surface area contributed by atoms with E-state index in [4.69, 9.17) is 4.74 Å². The largest absolute Gasteiger partial charge is 0.508 e. The van der Waals surface area contributed by atoms with E-state index in [1.165, 1.54) is 0 Å². The van der Waals surface area contributed by atoms with Gasteiger partial charge in [-0.3, -0.25) is 0 Å². The van der Waals surface area contributed by atoms with Crippen LogP contribution in [0.25, 0.3) is 11.6 Å². The lowest BCUT2D eigenvalue weighted by Crippen LogP contribution is -2.16. The predicted molar refractivity (Wildman–Crippen MR) is 134 cm³/mol. The van der Waals surface area contributed by atoms with Gasteiger partial charge in [-0.25, -0.2) is 0 Å². The van der Waals surface area contributed by atoms with Crippen LogP contribution in [0.2, 0.25) is 0 Å². The van der Waals surface area contributed by atoms with Crippen LogP contribution in [0.3, 0.4) is 0 Å². The number of allylic oxidation sites excluding steroid dienone is 1. The molecule has 3 N–H and O–H groups in total. The fourth-order valence-corrected chi connectivity index (χ4v) is 3.56. The second-order valence-corrected chi connectivity index (χ2v) is 7.73. The van der Waals surface area contributed by atoms with E-state index >= 15 is 0 Å². The van der Waals surface area contributed by atoms with Crippen molar-refractivity contribution in [2.75, 3.05) is 13.2 Å². The standard InChI is InChI=1S/C29H30O4/c1-22(21-33-27-10-6-3-7-11-27)28(18-19-30)29(32)17-14-25(24-8-4-2-5-9-24)20-23-12-15-26(31)16-13-23/h2-13,15-16,18,20,29-32H,1,14,17,19,21H2/b25-20-,28-18-. The first-order chi connectivity index (χ1) is 16.1. The van der Waals surface area contributed by atoms with Crippen LogP contribution in [-0.4, -0.2) is 34.6 Å². The van der Waals surface area contributed by atoms with E-state index in [0.717, 1.165) is 22.4 Å². The topological polar surface area (TPSA) is 69.9 Å². The Balaban J connectivity index is 1.71. The number of hydrogen-bond acceptors (Lipinski definition) is 4. The van der Waals surface area contributed by atoms with Crippen LogP contribution >= 0.6 is 0 Å². The van der Waals surface area contributed by atoms with E-state index in [1.807, 2.05) is 72.8 Å². The number of aliphatic hydroxyl groups is 2. The SMILES string of the molecule is C=C(COc1ccccc1)/C(=C/CO)C(O)CC/C(=C/c1ccc(O)cc1)c1ccccc1. The Morgan fingerprint density at radius 2 is 1.55 bits per heavy atom. The van der Waals surface area contributed by atoms with Gasteiger partial charge in [0.05, 0.1) is 12.7 Å². The molecule has 0 fully saturated rings. The van der Waals surface area contributed by atoms with Crippen LogP contribution in [0.1, 0.15) is 24.0 Å². The van der Waals surface area contributed by atoms with Crippen molar-refractivity contribution in [3.05, 3.63) is 120 Å². The van der Waals surface area contributed by atoms with Gasteiger partial charge in [0.2, 0.25) is 0 Å². The molecule has 4 heteroatoms. The molecule has 0 aromatic heterocycles. The first-order valence-electron chi connectivity index (χ1n) is 11.0. The zero-order valence-corrected chi connectivity index (χ0v) is 18.6. The van der Waals surface area contributed by atoms with Crippen LogP contribution in [0, 0.1) is 0 Å². The van der Waals surface area contributed by atoms with Gasteiger partial charge in [-0.2, -0.15) is 0 Å². The minimum Gasteiger partial charge on any atom is -0.508 e. The quantitative estimate of drug-likeness (QED) is 0.266. The highest BCUT2D eigenvalue weighted by atomic mass is 16.5. The molecule has 0 saturated heterocycles. The molecule has 0 aliphatic heterocycles. The maximum absolute atomic E-state index is 10.9. The summed E-state index contributed by atoms with van der Waals surface area (Å²) in [5.74, 6) is 0.943. The molecule has 0 bridgehead atoms. The first-order valence-corrected chi connectivity index (χ1v) is 11.0. The first kappa shape index (κ1) is 24.1. The molecule has 0 saturated carbocycles. The average Bonchev–Trinajstić information content (AvgIpc) is 2.85. The summed E-state index contributed by atoms with van der Waals surface area (Å²) >= 11 is 0. The fourth-order valence-electron chi connectivity index (χ4n) is 3.56. The molecule has 0 radical (unpaired) electrons. The molecular formula is C29H30O4. The summed E-state index contributed by atoms with van der Waals surface area (Å²) in [7, 11) is 0. The van der Waals surface area contributed by atoms with E-state index in [9.17, 15) is 15.3 Å². The van der Waals surface area contributed by atoms with Crippen LogP contribution in [0.5, 0.6) is 11.5 Å². The van der Waals surface area contributed by atoms with Gasteiger partial charge in [-0.1, -0.05) is 79.4 Å². The molecule has 3 aromatic carbocycles. The van der Waals surface area contributed by atoms with Crippen molar-refractivity contribution in [1.82, 2.24) is 0 Å². The van der Waals surface area contributed by atoms with Gasteiger partial charge in [0, 0.05) is 0 Å². The molecule has 0 aliphatic carbocycles. The van der Waals surface area contributed by atoms with Gasteiger partial charge >= 0.3 is 0 Å². The summed E-state index contributed by atoms with van der Waals surface area (Å²) in [4.78, 5) is 0. The maximum Gasteiger partial charge on any atom is 0.119 e. The third-order valence-electron chi connectivity index (χ3n) is 5.30. The van der Waals surface area contributed by atoms with Crippen LogP contribution in [0.15, 0.2) is 109 Å². The third kappa shape index (κ3) is 7.49. The second kappa shape index (κ2) is 12.4. The molecule has 1 atom stereocenters. The Hall–Kier alpha value is -3.60. The normalized spacial score (nSPS) is 12.9. The lowest BCUT2D eigenvalue weighted by atomic mass is 9.93. The summed E-state index contributed by atoms with van der Waals surface area (Å²) in [5, 5.41) is 30.0. The molecule has 33 heavy (non-hydrogen) atoms. The van der Waals surface area contributed by atoms with Gasteiger partial charge < -0.3 is 20.1 Å². The lowest BCUT2D eigenvalue weighted by Gasteiger charge is -2.19. The second-order valence-electron chi connectivity index (χ2n) is 7.73. The molecule has 0 spiro atoms. The van der Waals surface area contributed by atoms with Crippen molar-refractivity contribution in [1.29, 1.82) is 0 Å². The minimum absolute atomic E-state index is 0.189. The van der Waals surface area contributed by atoms with Crippen molar-refractivity contribution in [3.8, 4) is 11.5 Å². The third-order valence-corrected chi connectivity index (χ3v) is 5.30. The summed E-state index contributed by atoms with van der Waals surface area (Å²) in [5.41, 5.74) is 4.31. The Labute approximate surface area is 195 Å². The smallest absolute Gasteiger partial charge is 0.119 e. The lowest BCUT2D eigenvalue weighted by molar-refractivity contribution is 0.200. The van der Waals surface area contributed by atoms with E-state index < -0.39 is 6.10 Å². The fraction of sp³-hybridized carbons (Fsp3) is 0.172. The highest BCUT2D eigenvalue weighted by molar-refractivity contribution is 5.81. The number of phenols is 1. The molecule has 0 amide bonds. The van der Waals surface area contributed by atoms with Gasteiger partial charge in [-0.05, 0) is 65.0 Å². The van der Waals surface area contributed by atoms with E-state index in [2.05, 4.69) is 12.7 Å². The molecular weight excluding hydrogens is 412 g/mol. The molecule has 0 aliphatic rings. The molecule has 1 unspecified atom stereocenters. The Bertz CT molecular complexity index is 1070. The van der Waals surface area contributed by atoms with Crippen molar-refractivity contribution in [2.45, 2.75) is 18.9 Å². The highest BCUT2D eigenvalue weighted by Crippen LogP contribution is 2.27. The van der Waals surface area contributed by atoms with Gasteiger partial charge in [-0.15, -0.1) is 0 Å². The Morgan fingerprint density at radius 3 is 2.18 bits per heavy atom.